The Morgan fingerprint density at radius 3 is 0.873 bits per heavy atom. The van der Waals surface area contributed by atoms with Gasteiger partial charge in [-0.2, -0.15) is 0 Å². The summed E-state index contributed by atoms with van der Waals surface area (Å²) in [6.07, 6.45) is 0. The summed E-state index contributed by atoms with van der Waals surface area (Å²) in [4.78, 5) is 1.97. The number of nitrogens with one attached hydrogen (secondary N) is 1. The van der Waals surface area contributed by atoms with Gasteiger partial charge in [0.1, 0.15) is 55.8 Å². The molecule has 0 atom stereocenters. The number of halogens is 2. The number of anilines is 2. The second-order valence-electron chi connectivity index (χ2n) is 27.5. The van der Waals surface area contributed by atoms with Gasteiger partial charge >= 0.3 is 0 Å². The van der Waals surface area contributed by atoms with E-state index in [2.05, 4.69) is 286 Å². The number of fused-ring (bicyclic) bond motifs is 24. The first-order chi connectivity index (χ1) is 53.9. The molecule has 16 aromatic carbocycles. The summed E-state index contributed by atoms with van der Waals surface area (Å²) in [7, 11) is 0. The standard InChI is InChI=1S/C49H29NO3.C24H14ClNO.C24H15NO2.CH3I.CH4/c1-5-15-40-32(10-1)33-11-2-6-16-41(33)50(40)42-17-9-14-39-38-25-22-31(28-47(38)53-49(39)42)48(29-20-23-36-34-12-3-7-18-43(34)51-45(36)26-29)30-21-24-37-35-13-4-8-19-44(35)52-46(37)27-30;25-15-12-13-18-19-8-5-11-22(24(19)27-23(18)14-15)26-20-9-3-1-6-16(20)17-7-2-4-10-21(17)26;1-3-7-21-17(5-1)19-11-9-15(13-23(19)26-21)25-16-10-12-20-18-6-2-4-8-22(18)27-24(20)14-16;1-2;/h1-28,48H;1-14H;1-14,25H;1H3;1H4. The molecular formula is C99H65ClIN3O6. The van der Waals surface area contributed by atoms with Gasteiger partial charge < -0.3 is 41.0 Å². The Morgan fingerprint density at radius 2 is 0.509 bits per heavy atom. The third-order valence-corrected chi connectivity index (χ3v) is 21.7. The molecule has 8 aromatic heterocycles. The maximum absolute atomic E-state index is 6.93. The molecule has 0 saturated carbocycles. The average Bonchev–Trinajstić information content (AvgIpc) is 1.58. The SMILES string of the molecule is C.CI.Clc1ccc2c(c1)oc1c(-n3c4ccccc4c4ccccc43)cccc12.c1ccc2c(c1)oc1cc(C(c3ccc4c(c3)oc3ccccc34)c3ccc4c(c3)oc3c(-n5c6ccccc6c6ccccc65)cccc34)ccc12.c1ccc2c(c1)oc1cc(Nc3ccc4c(c3)oc3ccccc34)ccc12. The van der Waals surface area contributed by atoms with Crippen molar-refractivity contribution in [3.8, 4) is 11.4 Å². The van der Waals surface area contributed by atoms with E-state index in [4.69, 9.17) is 38.1 Å². The summed E-state index contributed by atoms with van der Waals surface area (Å²) >= 11 is 8.33. The molecule has 0 aliphatic carbocycles. The zero-order valence-electron chi connectivity index (χ0n) is 58.5. The minimum atomic E-state index is -0.111. The van der Waals surface area contributed by atoms with Crippen LogP contribution in [-0.2, 0) is 0 Å². The van der Waals surface area contributed by atoms with Gasteiger partial charge in [0, 0.05) is 127 Å². The topological polar surface area (TPSA) is 101 Å². The summed E-state index contributed by atoms with van der Waals surface area (Å²) in [6.45, 7) is 0. The van der Waals surface area contributed by atoms with Crippen LogP contribution >= 0.6 is 34.2 Å². The van der Waals surface area contributed by atoms with E-state index in [1.54, 1.807) is 0 Å². The van der Waals surface area contributed by atoms with Crippen molar-refractivity contribution in [2.24, 2.45) is 0 Å². The molecule has 0 fully saturated rings. The van der Waals surface area contributed by atoms with Gasteiger partial charge in [0.25, 0.3) is 0 Å². The van der Waals surface area contributed by atoms with Crippen molar-refractivity contribution in [2.45, 2.75) is 13.3 Å². The second kappa shape index (κ2) is 26.9. The van der Waals surface area contributed by atoms with E-state index >= 15 is 0 Å². The summed E-state index contributed by atoms with van der Waals surface area (Å²) in [5, 5.41) is 22.4. The van der Waals surface area contributed by atoms with Crippen molar-refractivity contribution in [3.63, 3.8) is 0 Å². The molecule has 526 valence electrons. The molecule has 0 saturated heterocycles. The highest BCUT2D eigenvalue weighted by atomic mass is 127. The highest BCUT2D eigenvalue weighted by molar-refractivity contribution is 14.1. The van der Waals surface area contributed by atoms with Gasteiger partial charge in [0.2, 0.25) is 0 Å². The van der Waals surface area contributed by atoms with E-state index in [0.717, 1.165) is 182 Å². The van der Waals surface area contributed by atoms with Crippen LogP contribution in [0, 0.1) is 0 Å². The number of aromatic nitrogens is 2. The number of alkyl halides is 1. The molecule has 11 heteroatoms. The van der Waals surface area contributed by atoms with Gasteiger partial charge in [-0.05, 0) is 137 Å². The molecule has 0 aliphatic rings. The van der Waals surface area contributed by atoms with Gasteiger partial charge in [0.05, 0.1) is 33.4 Å². The summed E-state index contributed by atoms with van der Waals surface area (Å²) in [6, 6.07) is 118. The highest BCUT2D eigenvalue weighted by Crippen LogP contribution is 2.45. The molecule has 0 radical (unpaired) electrons. The lowest BCUT2D eigenvalue weighted by Crippen LogP contribution is -2.03. The third kappa shape index (κ3) is 10.9. The zero-order chi connectivity index (χ0) is 72.4. The largest absolute Gasteiger partial charge is 0.456 e. The molecule has 0 aliphatic heterocycles. The minimum Gasteiger partial charge on any atom is -0.456 e. The molecule has 24 rings (SSSR count). The van der Waals surface area contributed by atoms with E-state index in [9.17, 15) is 0 Å². The smallest absolute Gasteiger partial charge is 0.159 e. The van der Waals surface area contributed by atoms with Crippen LogP contribution in [0.1, 0.15) is 30.0 Å². The number of benzene rings is 16. The summed E-state index contributed by atoms with van der Waals surface area (Å²) in [5.74, 6) is -0.111. The summed E-state index contributed by atoms with van der Waals surface area (Å²) < 4.78 is 42.6. The quantitative estimate of drug-likeness (QED) is 0.0964. The molecule has 24 aromatic rings. The minimum absolute atomic E-state index is 0. The van der Waals surface area contributed by atoms with Crippen LogP contribution in [0.5, 0.6) is 0 Å². The van der Waals surface area contributed by atoms with Crippen LogP contribution in [-0.4, -0.2) is 14.1 Å². The number of para-hydroxylation sites is 10. The predicted molar refractivity (Wildman–Crippen MR) is 467 cm³/mol. The molecule has 0 spiro atoms. The van der Waals surface area contributed by atoms with Gasteiger partial charge in [0.15, 0.2) is 11.2 Å². The average molecular weight is 1550 g/mol. The van der Waals surface area contributed by atoms with Crippen LogP contribution in [0.4, 0.5) is 11.4 Å². The van der Waals surface area contributed by atoms with Crippen molar-refractivity contribution in [2.75, 3.05) is 10.2 Å². The predicted octanol–water partition coefficient (Wildman–Crippen LogP) is 29.9. The monoisotopic (exact) mass is 1550 g/mol. The van der Waals surface area contributed by atoms with Crippen LogP contribution in [0.25, 0.3) is 187 Å². The Bertz CT molecular complexity index is 7420. The first-order valence-electron chi connectivity index (χ1n) is 36.3. The molecule has 0 unspecified atom stereocenters. The van der Waals surface area contributed by atoms with E-state index in [1.165, 1.54) is 32.6 Å². The maximum atomic E-state index is 6.93. The highest BCUT2D eigenvalue weighted by Gasteiger charge is 2.25. The van der Waals surface area contributed by atoms with Crippen molar-refractivity contribution in [3.05, 3.63) is 361 Å². The fraction of sp³-hybridized carbons (Fsp3) is 0.0303. The van der Waals surface area contributed by atoms with Gasteiger partial charge in [-0.15, -0.1) is 0 Å². The molecule has 110 heavy (non-hydrogen) atoms. The Morgan fingerprint density at radius 1 is 0.245 bits per heavy atom. The molecular weight excluding hydrogens is 1490 g/mol. The Labute approximate surface area is 648 Å². The van der Waals surface area contributed by atoms with Crippen molar-refractivity contribution in [1.82, 2.24) is 9.13 Å². The molecule has 8 heterocycles. The molecule has 0 bridgehead atoms. The van der Waals surface area contributed by atoms with Gasteiger partial charge in [-0.3, -0.25) is 0 Å². The first-order valence-corrected chi connectivity index (χ1v) is 38.8. The van der Waals surface area contributed by atoms with Crippen molar-refractivity contribution in [1.29, 1.82) is 0 Å². The number of furan rings is 6. The maximum Gasteiger partial charge on any atom is 0.159 e. The summed E-state index contributed by atoms with van der Waals surface area (Å²) in [5.41, 5.74) is 22.6. The lowest BCUT2D eigenvalue weighted by molar-refractivity contribution is 0.664. The normalized spacial score (nSPS) is 11.8. The van der Waals surface area contributed by atoms with E-state index in [1.807, 2.05) is 95.9 Å². The zero-order valence-corrected chi connectivity index (χ0v) is 61.4. The molecule has 1 N–H and O–H groups in total. The Hall–Kier alpha value is -13.3. The first kappa shape index (κ1) is 66.2. The number of rotatable bonds is 7. The number of nitrogens with zero attached hydrogens (tertiary/aromatic N) is 2. The Balaban J connectivity index is 0.000000117. The van der Waals surface area contributed by atoms with E-state index < -0.39 is 0 Å². The van der Waals surface area contributed by atoms with E-state index in [-0.39, 0.29) is 13.3 Å². The Kier molecular flexibility index (Phi) is 16.2. The molecule has 0 amide bonds. The third-order valence-electron chi connectivity index (χ3n) is 21.4. The number of hydrogen-bond acceptors (Lipinski definition) is 7. The van der Waals surface area contributed by atoms with Crippen LogP contribution < -0.4 is 5.32 Å². The fourth-order valence-corrected chi connectivity index (χ4v) is 16.8. The van der Waals surface area contributed by atoms with Crippen LogP contribution in [0.3, 0.4) is 0 Å². The fourth-order valence-electron chi connectivity index (χ4n) is 16.6. The lowest BCUT2D eigenvalue weighted by Gasteiger charge is -2.19. The van der Waals surface area contributed by atoms with Crippen molar-refractivity contribution >= 4 is 221 Å². The number of hydrogen-bond donors (Lipinski definition) is 1. The van der Waals surface area contributed by atoms with Gasteiger partial charge in [-0.25, -0.2) is 0 Å². The van der Waals surface area contributed by atoms with Gasteiger partial charge in [-0.1, -0.05) is 248 Å². The van der Waals surface area contributed by atoms with Crippen LogP contribution in [0.2, 0.25) is 5.02 Å². The lowest BCUT2D eigenvalue weighted by atomic mass is 9.84. The van der Waals surface area contributed by atoms with E-state index in [0.29, 0.717) is 5.02 Å². The van der Waals surface area contributed by atoms with Crippen molar-refractivity contribution < 1.29 is 26.5 Å². The van der Waals surface area contributed by atoms with Crippen LogP contribution in [0.15, 0.2) is 366 Å². The molecule has 9 nitrogen and oxygen atoms in total. The second-order valence-corrected chi connectivity index (χ2v) is 28.0.